The molecule has 1 unspecified atom stereocenters. The molecule has 1 saturated heterocycles. The molecule has 0 aliphatic carbocycles. The van der Waals surface area contributed by atoms with E-state index in [9.17, 15) is 4.79 Å². The molecule has 18 heavy (non-hydrogen) atoms. The molecular formula is C12H24N4O2. The number of nitrogens with two attached hydrogens (primary N) is 1. The number of ether oxygens (including phenoxy) is 1. The Morgan fingerprint density at radius 1 is 1.56 bits per heavy atom. The highest BCUT2D eigenvalue weighted by Gasteiger charge is 2.26. The van der Waals surface area contributed by atoms with Gasteiger partial charge in [-0.2, -0.15) is 0 Å². The molecule has 1 atom stereocenters. The lowest BCUT2D eigenvalue weighted by molar-refractivity contribution is 0.0507. The largest absolute Gasteiger partial charge is 0.444 e. The summed E-state index contributed by atoms with van der Waals surface area (Å²) in [7, 11) is 0. The first kappa shape index (κ1) is 14.6. The van der Waals surface area contributed by atoms with E-state index in [4.69, 9.17) is 10.5 Å². The molecule has 0 aromatic rings. The number of likely N-dealkylation sites (tertiary alicyclic amines) is 1. The minimum atomic E-state index is -0.467. The second-order valence-electron chi connectivity index (χ2n) is 5.41. The number of alkyl carbamates (subject to hydrolysis) is 1. The van der Waals surface area contributed by atoms with Gasteiger partial charge in [0.2, 0.25) is 0 Å². The fourth-order valence-corrected chi connectivity index (χ4v) is 1.82. The van der Waals surface area contributed by atoms with Gasteiger partial charge in [-0.1, -0.05) is 0 Å². The Kier molecular flexibility index (Phi) is 4.81. The van der Waals surface area contributed by atoms with E-state index < -0.39 is 5.60 Å². The topological polar surface area (TPSA) is 80.0 Å². The molecule has 0 radical (unpaired) electrons. The van der Waals surface area contributed by atoms with Gasteiger partial charge in [-0.3, -0.25) is 4.99 Å². The predicted molar refractivity (Wildman–Crippen MR) is 71.5 cm³/mol. The van der Waals surface area contributed by atoms with Crippen LogP contribution in [0.2, 0.25) is 0 Å². The number of carbonyl (C=O) groups excluding carboxylic acids is 1. The van der Waals surface area contributed by atoms with E-state index in [1.807, 2.05) is 32.6 Å². The third-order valence-electron chi connectivity index (χ3n) is 2.55. The minimum Gasteiger partial charge on any atom is -0.444 e. The van der Waals surface area contributed by atoms with Crippen LogP contribution in [-0.4, -0.2) is 48.2 Å². The van der Waals surface area contributed by atoms with Gasteiger partial charge in [0.25, 0.3) is 0 Å². The van der Waals surface area contributed by atoms with Crippen molar-refractivity contribution in [3.63, 3.8) is 0 Å². The molecule has 1 aliphatic heterocycles. The van der Waals surface area contributed by atoms with E-state index in [0.717, 1.165) is 13.0 Å². The summed E-state index contributed by atoms with van der Waals surface area (Å²) in [5, 5.41) is 2.85. The van der Waals surface area contributed by atoms with E-state index in [2.05, 4.69) is 10.3 Å². The first-order valence-corrected chi connectivity index (χ1v) is 6.36. The quantitative estimate of drug-likeness (QED) is 0.569. The number of hydrogen-bond donors (Lipinski definition) is 2. The maximum Gasteiger partial charge on any atom is 0.407 e. The third-order valence-corrected chi connectivity index (χ3v) is 2.55. The van der Waals surface area contributed by atoms with Gasteiger partial charge < -0.3 is 20.7 Å². The van der Waals surface area contributed by atoms with Crippen molar-refractivity contribution < 1.29 is 9.53 Å². The SMILES string of the molecule is CCN=C(N)N1CCC(NC(=O)OC(C)(C)C)C1. The van der Waals surface area contributed by atoms with Crippen molar-refractivity contribution >= 4 is 12.1 Å². The average molecular weight is 256 g/mol. The van der Waals surface area contributed by atoms with Crippen molar-refractivity contribution in [3.05, 3.63) is 0 Å². The number of carbonyl (C=O) groups is 1. The van der Waals surface area contributed by atoms with Gasteiger partial charge in [0.15, 0.2) is 5.96 Å². The number of nitrogens with one attached hydrogen (secondary N) is 1. The summed E-state index contributed by atoms with van der Waals surface area (Å²) < 4.78 is 5.21. The van der Waals surface area contributed by atoms with Crippen LogP contribution in [0, 0.1) is 0 Å². The zero-order chi connectivity index (χ0) is 13.8. The highest BCUT2D eigenvalue weighted by Crippen LogP contribution is 2.11. The van der Waals surface area contributed by atoms with Crippen LogP contribution in [0.4, 0.5) is 4.79 Å². The van der Waals surface area contributed by atoms with Crippen LogP contribution in [-0.2, 0) is 4.74 Å². The summed E-state index contributed by atoms with van der Waals surface area (Å²) >= 11 is 0. The summed E-state index contributed by atoms with van der Waals surface area (Å²) in [6.45, 7) is 9.66. The van der Waals surface area contributed by atoms with Crippen LogP contribution >= 0.6 is 0 Å². The normalized spacial score (nSPS) is 21.0. The van der Waals surface area contributed by atoms with Crippen molar-refractivity contribution in [2.24, 2.45) is 10.7 Å². The Morgan fingerprint density at radius 3 is 2.78 bits per heavy atom. The van der Waals surface area contributed by atoms with Crippen molar-refractivity contribution in [1.82, 2.24) is 10.2 Å². The number of rotatable bonds is 2. The molecule has 0 bridgehead atoms. The van der Waals surface area contributed by atoms with E-state index in [0.29, 0.717) is 19.0 Å². The molecule has 0 aromatic carbocycles. The van der Waals surface area contributed by atoms with E-state index in [1.54, 1.807) is 0 Å². The van der Waals surface area contributed by atoms with E-state index in [1.165, 1.54) is 0 Å². The summed E-state index contributed by atoms with van der Waals surface area (Å²) in [6, 6.07) is 0.0745. The van der Waals surface area contributed by atoms with Crippen LogP contribution in [0.5, 0.6) is 0 Å². The lowest BCUT2D eigenvalue weighted by Gasteiger charge is -2.22. The molecular weight excluding hydrogens is 232 g/mol. The van der Waals surface area contributed by atoms with Gasteiger partial charge in [-0.05, 0) is 34.1 Å². The highest BCUT2D eigenvalue weighted by molar-refractivity contribution is 5.78. The second kappa shape index (κ2) is 5.93. The molecule has 0 saturated carbocycles. The van der Waals surface area contributed by atoms with Gasteiger partial charge in [0.1, 0.15) is 5.60 Å². The van der Waals surface area contributed by atoms with E-state index >= 15 is 0 Å². The monoisotopic (exact) mass is 256 g/mol. The van der Waals surface area contributed by atoms with Crippen molar-refractivity contribution in [3.8, 4) is 0 Å². The zero-order valence-corrected chi connectivity index (χ0v) is 11.7. The van der Waals surface area contributed by atoms with Crippen LogP contribution in [0.1, 0.15) is 34.1 Å². The molecule has 1 heterocycles. The average Bonchev–Trinajstić information content (AvgIpc) is 2.63. The summed E-state index contributed by atoms with van der Waals surface area (Å²) in [6.07, 6.45) is 0.486. The third kappa shape index (κ3) is 4.81. The van der Waals surface area contributed by atoms with Crippen molar-refractivity contribution in [1.29, 1.82) is 0 Å². The fourth-order valence-electron chi connectivity index (χ4n) is 1.82. The number of nitrogens with zero attached hydrogens (tertiary/aromatic N) is 2. The smallest absolute Gasteiger partial charge is 0.407 e. The first-order chi connectivity index (χ1) is 8.31. The summed E-state index contributed by atoms with van der Waals surface area (Å²) in [5.41, 5.74) is 5.35. The maximum absolute atomic E-state index is 11.6. The van der Waals surface area contributed by atoms with Crippen LogP contribution in [0.3, 0.4) is 0 Å². The molecule has 104 valence electrons. The maximum atomic E-state index is 11.6. The Balaban J connectivity index is 2.39. The van der Waals surface area contributed by atoms with Crippen molar-refractivity contribution in [2.75, 3.05) is 19.6 Å². The van der Waals surface area contributed by atoms with Gasteiger partial charge in [-0.25, -0.2) is 4.79 Å². The molecule has 1 aliphatic rings. The molecule has 0 aromatic heterocycles. The minimum absolute atomic E-state index is 0.0745. The molecule has 0 spiro atoms. The Hall–Kier alpha value is -1.46. The molecule has 1 rings (SSSR count). The second-order valence-corrected chi connectivity index (χ2v) is 5.41. The zero-order valence-electron chi connectivity index (χ0n) is 11.7. The van der Waals surface area contributed by atoms with Gasteiger partial charge in [0.05, 0.1) is 6.04 Å². The number of guanidine groups is 1. The fraction of sp³-hybridized carbons (Fsp3) is 0.833. The van der Waals surface area contributed by atoms with Crippen molar-refractivity contribution in [2.45, 2.75) is 45.8 Å². The van der Waals surface area contributed by atoms with Crippen LogP contribution < -0.4 is 11.1 Å². The summed E-state index contributed by atoms with van der Waals surface area (Å²) in [4.78, 5) is 17.7. The number of aliphatic imine (C=N–C) groups is 1. The molecule has 6 nitrogen and oxygen atoms in total. The summed E-state index contributed by atoms with van der Waals surface area (Å²) in [5.74, 6) is 0.547. The van der Waals surface area contributed by atoms with Gasteiger partial charge >= 0.3 is 6.09 Å². The lowest BCUT2D eigenvalue weighted by atomic mass is 10.2. The van der Waals surface area contributed by atoms with Crippen LogP contribution in [0.25, 0.3) is 0 Å². The highest BCUT2D eigenvalue weighted by atomic mass is 16.6. The van der Waals surface area contributed by atoms with Gasteiger partial charge in [-0.15, -0.1) is 0 Å². The van der Waals surface area contributed by atoms with E-state index in [-0.39, 0.29) is 12.1 Å². The molecule has 6 heteroatoms. The Labute approximate surface area is 109 Å². The van der Waals surface area contributed by atoms with Crippen LogP contribution in [0.15, 0.2) is 4.99 Å². The molecule has 1 amide bonds. The Morgan fingerprint density at radius 2 is 2.22 bits per heavy atom. The first-order valence-electron chi connectivity index (χ1n) is 6.36. The predicted octanol–water partition coefficient (Wildman–Crippen LogP) is 0.920. The van der Waals surface area contributed by atoms with Gasteiger partial charge in [0, 0.05) is 19.6 Å². The standard InChI is InChI=1S/C12H24N4O2/c1-5-14-10(13)16-7-6-9(8-16)15-11(17)18-12(2,3)4/h9H,5-8H2,1-4H3,(H2,13,14)(H,15,17). The lowest BCUT2D eigenvalue weighted by Crippen LogP contribution is -2.42. The Bertz CT molecular complexity index is 323. The number of amides is 1. The molecule has 1 fully saturated rings. The molecule has 3 N–H and O–H groups in total. The number of hydrogen-bond acceptors (Lipinski definition) is 3.